The van der Waals surface area contributed by atoms with Crippen LogP contribution in [0.5, 0.6) is 11.5 Å². The zero-order chi connectivity index (χ0) is 16.3. The van der Waals surface area contributed by atoms with Crippen LogP contribution in [0.15, 0.2) is 22.3 Å². The molecule has 7 heteroatoms. The van der Waals surface area contributed by atoms with Crippen molar-refractivity contribution >= 4 is 33.9 Å². The van der Waals surface area contributed by atoms with Crippen LogP contribution in [0.3, 0.4) is 0 Å². The highest BCUT2D eigenvalue weighted by Gasteiger charge is 2.32. The minimum absolute atomic E-state index is 0.242. The molecular weight excluding hydrogens is 352 g/mol. The topological polar surface area (TPSA) is 67.9 Å². The fourth-order valence-electron chi connectivity index (χ4n) is 2.16. The van der Waals surface area contributed by atoms with Gasteiger partial charge in [0.25, 0.3) is 5.91 Å². The Morgan fingerprint density at radius 2 is 2.05 bits per heavy atom. The summed E-state index contributed by atoms with van der Waals surface area (Å²) in [6.45, 7) is 4.44. The zero-order valence-electron chi connectivity index (χ0n) is 12.6. The number of benzene rings is 1. The lowest BCUT2D eigenvalue weighted by atomic mass is 10.1. The van der Waals surface area contributed by atoms with E-state index >= 15 is 0 Å². The summed E-state index contributed by atoms with van der Waals surface area (Å²) >= 11 is 3.41. The van der Waals surface area contributed by atoms with Gasteiger partial charge in [-0.2, -0.15) is 0 Å². The monoisotopic (exact) mass is 368 g/mol. The van der Waals surface area contributed by atoms with Gasteiger partial charge in [-0.15, -0.1) is 0 Å². The fourth-order valence-corrected chi connectivity index (χ4v) is 2.78. The maximum absolute atomic E-state index is 12.1. The number of hydrogen-bond donors (Lipinski definition) is 1. The van der Waals surface area contributed by atoms with Crippen LogP contribution in [0.25, 0.3) is 6.08 Å². The average molecular weight is 369 g/mol. The molecule has 3 amide bonds. The van der Waals surface area contributed by atoms with E-state index in [2.05, 4.69) is 21.2 Å². The molecule has 1 saturated heterocycles. The Labute approximate surface area is 137 Å². The fraction of sp³-hybridized carbons (Fsp3) is 0.333. The molecule has 0 aromatic heterocycles. The molecule has 1 heterocycles. The zero-order valence-corrected chi connectivity index (χ0v) is 14.2. The highest BCUT2D eigenvalue weighted by atomic mass is 79.9. The number of halogens is 1. The summed E-state index contributed by atoms with van der Waals surface area (Å²) in [7, 11) is 1.56. The van der Waals surface area contributed by atoms with Crippen LogP contribution in [-0.4, -0.2) is 37.1 Å². The SMILES string of the molecule is CCOc1cc(/C=C2/NC(=O)N(CC)C2=O)cc(Br)c1OC. The van der Waals surface area contributed by atoms with Gasteiger partial charge in [0.15, 0.2) is 11.5 Å². The molecule has 1 aliphatic rings. The first-order valence-electron chi connectivity index (χ1n) is 6.86. The van der Waals surface area contributed by atoms with Crippen molar-refractivity contribution in [3.8, 4) is 11.5 Å². The summed E-state index contributed by atoms with van der Waals surface area (Å²) in [6, 6.07) is 3.15. The molecule has 1 N–H and O–H groups in total. The van der Waals surface area contributed by atoms with Crippen LogP contribution < -0.4 is 14.8 Å². The van der Waals surface area contributed by atoms with Crippen molar-refractivity contribution in [1.82, 2.24) is 10.2 Å². The van der Waals surface area contributed by atoms with Gasteiger partial charge in [0, 0.05) is 6.54 Å². The molecule has 0 spiro atoms. The number of methoxy groups -OCH3 is 1. The van der Waals surface area contributed by atoms with Crippen LogP contribution in [0.2, 0.25) is 0 Å². The molecule has 118 valence electrons. The van der Waals surface area contributed by atoms with Gasteiger partial charge in [-0.3, -0.25) is 9.69 Å². The molecule has 1 aromatic rings. The number of carbonyl (C=O) groups excluding carboxylic acids is 2. The molecule has 0 aliphatic carbocycles. The Hall–Kier alpha value is -2.02. The number of ether oxygens (including phenoxy) is 2. The Kier molecular flexibility index (Phi) is 5.07. The minimum Gasteiger partial charge on any atom is -0.492 e. The molecule has 22 heavy (non-hydrogen) atoms. The average Bonchev–Trinajstić information content (AvgIpc) is 2.73. The number of hydrogen-bond acceptors (Lipinski definition) is 4. The molecule has 0 radical (unpaired) electrons. The summed E-state index contributed by atoms with van der Waals surface area (Å²) in [5.41, 5.74) is 0.962. The predicted octanol–water partition coefficient (Wildman–Crippen LogP) is 2.77. The number of amides is 3. The third-order valence-corrected chi connectivity index (χ3v) is 3.71. The molecule has 1 aromatic carbocycles. The second-order valence-electron chi connectivity index (χ2n) is 4.50. The number of urea groups is 1. The summed E-state index contributed by atoms with van der Waals surface area (Å²) in [5, 5.41) is 2.56. The summed E-state index contributed by atoms with van der Waals surface area (Å²) in [5.74, 6) is 0.814. The Balaban J connectivity index is 2.40. The van der Waals surface area contributed by atoms with Crippen LogP contribution in [0.4, 0.5) is 4.79 Å². The van der Waals surface area contributed by atoms with E-state index in [-0.39, 0.29) is 11.6 Å². The van der Waals surface area contributed by atoms with Gasteiger partial charge in [-0.1, -0.05) is 0 Å². The molecule has 1 fully saturated rings. The largest absolute Gasteiger partial charge is 0.492 e. The molecule has 0 bridgehead atoms. The lowest BCUT2D eigenvalue weighted by molar-refractivity contribution is -0.122. The predicted molar refractivity (Wildman–Crippen MR) is 85.8 cm³/mol. The van der Waals surface area contributed by atoms with E-state index in [0.29, 0.717) is 29.1 Å². The van der Waals surface area contributed by atoms with Gasteiger partial charge < -0.3 is 14.8 Å². The van der Waals surface area contributed by atoms with Crippen molar-refractivity contribution in [1.29, 1.82) is 0 Å². The van der Waals surface area contributed by atoms with Crippen molar-refractivity contribution in [3.63, 3.8) is 0 Å². The van der Waals surface area contributed by atoms with Gasteiger partial charge in [0.05, 0.1) is 18.2 Å². The van der Waals surface area contributed by atoms with Crippen molar-refractivity contribution in [2.24, 2.45) is 0 Å². The van der Waals surface area contributed by atoms with E-state index in [9.17, 15) is 9.59 Å². The Bertz CT molecular complexity index is 643. The van der Waals surface area contributed by atoms with Gasteiger partial charge in [0.2, 0.25) is 0 Å². The Morgan fingerprint density at radius 1 is 1.32 bits per heavy atom. The normalized spacial score (nSPS) is 16.2. The van der Waals surface area contributed by atoms with Gasteiger partial charge >= 0.3 is 6.03 Å². The molecule has 1 aliphatic heterocycles. The maximum atomic E-state index is 12.1. The van der Waals surface area contributed by atoms with Gasteiger partial charge in [0.1, 0.15) is 5.70 Å². The number of nitrogens with zero attached hydrogens (tertiary/aromatic N) is 1. The Morgan fingerprint density at radius 3 is 2.59 bits per heavy atom. The van der Waals surface area contributed by atoms with Crippen molar-refractivity contribution < 1.29 is 19.1 Å². The number of nitrogens with one attached hydrogen (secondary N) is 1. The minimum atomic E-state index is -0.406. The first-order chi connectivity index (χ1) is 10.5. The maximum Gasteiger partial charge on any atom is 0.328 e. The van der Waals surface area contributed by atoms with Gasteiger partial charge in [-0.05, 0) is 53.5 Å². The summed E-state index contributed by atoms with van der Waals surface area (Å²) in [4.78, 5) is 24.9. The summed E-state index contributed by atoms with van der Waals surface area (Å²) in [6.07, 6.45) is 1.61. The molecule has 0 atom stereocenters. The van der Waals surface area contributed by atoms with Crippen LogP contribution in [0.1, 0.15) is 19.4 Å². The lowest BCUT2D eigenvalue weighted by Gasteiger charge is -2.12. The number of carbonyl (C=O) groups is 2. The van der Waals surface area contributed by atoms with Crippen molar-refractivity contribution in [2.45, 2.75) is 13.8 Å². The second-order valence-corrected chi connectivity index (χ2v) is 5.36. The van der Waals surface area contributed by atoms with E-state index < -0.39 is 6.03 Å². The number of likely N-dealkylation sites (N-methyl/N-ethyl adjacent to an activating group) is 1. The standard InChI is InChI=1S/C15H17BrN2O4/c1-4-18-14(19)11(17-15(18)20)7-9-6-10(16)13(21-3)12(8-9)22-5-2/h6-8H,4-5H2,1-3H3,(H,17,20)/b11-7+. The lowest BCUT2D eigenvalue weighted by Crippen LogP contribution is -2.30. The molecule has 0 saturated carbocycles. The highest BCUT2D eigenvalue weighted by Crippen LogP contribution is 2.37. The number of rotatable bonds is 5. The quantitative estimate of drug-likeness (QED) is 0.640. The molecule has 0 unspecified atom stereocenters. The van der Waals surface area contributed by atoms with Crippen LogP contribution in [0, 0.1) is 0 Å². The second kappa shape index (κ2) is 6.83. The van der Waals surface area contributed by atoms with E-state index in [1.807, 2.05) is 6.92 Å². The molecular formula is C15H17BrN2O4. The highest BCUT2D eigenvalue weighted by molar-refractivity contribution is 9.10. The third-order valence-electron chi connectivity index (χ3n) is 3.13. The van der Waals surface area contributed by atoms with E-state index in [4.69, 9.17) is 9.47 Å². The van der Waals surface area contributed by atoms with Crippen LogP contribution in [-0.2, 0) is 4.79 Å². The number of imide groups is 1. The first kappa shape index (κ1) is 16.4. The van der Waals surface area contributed by atoms with E-state index in [0.717, 1.165) is 10.5 Å². The van der Waals surface area contributed by atoms with E-state index in [1.165, 1.54) is 0 Å². The van der Waals surface area contributed by atoms with E-state index in [1.54, 1.807) is 32.2 Å². The van der Waals surface area contributed by atoms with Crippen molar-refractivity contribution in [3.05, 3.63) is 27.9 Å². The smallest absolute Gasteiger partial charge is 0.328 e. The molecule has 2 rings (SSSR count). The molecule has 6 nitrogen and oxygen atoms in total. The van der Waals surface area contributed by atoms with Crippen molar-refractivity contribution in [2.75, 3.05) is 20.3 Å². The van der Waals surface area contributed by atoms with Gasteiger partial charge in [-0.25, -0.2) is 4.79 Å². The third kappa shape index (κ3) is 3.09. The first-order valence-corrected chi connectivity index (χ1v) is 7.66. The summed E-state index contributed by atoms with van der Waals surface area (Å²) < 4.78 is 11.5. The van der Waals surface area contributed by atoms with Crippen LogP contribution >= 0.6 is 15.9 Å².